The number of hydrogen-bond donors (Lipinski definition) is 0. The molecule has 0 saturated carbocycles. The maximum absolute atomic E-state index is 11.5. The predicted octanol–water partition coefficient (Wildman–Crippen LogP) is 2.67. The Bertz CT molecular complexity index is 403. The van der Waals surface area contributed by atoms with Crippen LogP contribution in [0.2, 0.25) is 0 Å². The lowest BCUT2D eigenvalue weighted by atomic mass is 10.1. The normalized spacial score (nSPS) is 19.0. The van der Waals surface area contributed by atoms with Crippen LogP contribution >= 0.6 is 15.9 Å². The zero-order chi connectivity index (χ0) is 11.5. The van der Waals surface area contributed by atoms with Crippen LogP contribution in [0.4, 0.5) is 0 Å². The SMILES string of the molecule is CC1COc2ccc(C(=O)CBr)cc2OC1. The number of halogens is 1. The molecule has 1 heterocycles. The van der Waals surface area contributed by atoms with E-state index in [0.717, 1.165) is 5.75 Å². The molecule has 0 bridgehead atoms. The summed E-state index contributed by atoms with van der Waals surface area (Å²) in [5.41, 5.74) is 0.647. The van der Waals surface area contributed by atoms with E-state index in [9.17, 15) is 4.79 Å². The van der Waals surface area contributed by atoms with E-state index in [2.05, 4.69) is 22.9 Å². The Morgan fingerprint density at radius 1 is 1.38 bits per heavy atom. The van der Waals surface area contributed by atoms with Crippen molar-refractivity contribution in [3.05, 3.63) is 23.8 Å². The molecule has 0 saturated heterocycles. The number of ketones is 1. The Morgan fingerprint density at radius 2 is 2.06 bits per heavy atom. The van der Waals surface area contributed by atoms with Crippen molar-refractivity contribution in [3.63, 3.8) is 0 Å². The fourth-order valence-electron chi connectivity index (χ4n) is 1.50. The molecule has 0 spiro atoms. The van der Waals surface area contributed by atoms with Crippen LogP contribution in [0, 0.1) is 5.92 Å². The van der Waals surface area contributed by atoms with E-state index in [0.29, 0.717) is 35.8 Å². The van der Waals surface area contributed by atoms with Gasteiger partial charge in [0, 0.05) is 11.5 Å². The molecule has 0 fully saturated rings. The molecule has 0 aromatic heterocycles. The number of hydrogen-bond acceptors (Lipinski definition) is 3. The first kappa shape index (κ1) is 11.5. The molecule has 16 heavy (non-hydrogen) atoms. The summed E-state index contributed by atoms with van der Waals surface area (Å²) in [4.78, 5) is 11.5. The lowest BCUT2D eigenvalue weighted by Gasteiger charge is -2.07. The molecule has 1 aromatic rings. The molecule has 1 unspecified atom stereocenters. The van der Waals surface area contributed by atoms with Crippen LogP contribution in [0.5, 0.6) is 11.5 Å². The van der Waals surface area contributed by atoms with Gasteiger partial charge in [0.2, 0.25) is 0 Å². The van der Waals surface area contributed by atoms with Crippen LogP contribution in [0.1, 0.15) is 17.3 Å². The van der Waals surface area contributed by atoms with E-state index in [1.165, 1.54) is 0 Å². The quantitative estimate of drug-likeness (QED) is 0.619. The molecule has 0 radical (unpaired) electrons. The highest BCUT2D eigenvalue weighted by molar-refractivity contribution is 9.09. The van der Waals surface area contributed by atoms with Gasteiger partial charge in [0.25, 0.3) is 0 Å². The van der Waals surface area contributed by atoms with Gasteiger partial charge >= 0.3 is 0 Å². The van der Waals surface area contributed by atoms with E-state index >= 15 is 0 Å². The molecule has 2 rings (SSSR count). The van der Waals surface area contributed by atoms with E-state index in [1.807, 2.05) is 0 Å². The molecule has 4 heteroatoms. The summed E-state index contributed by atoms with van der Waals surface area (Å²) in [5, 5.41) is 0.322. The van der Waals surface area contributed by atoms with Gasteiger partial charge in [0.1, 0.15) is 0 Å². The van der Waals surface area contributed by atoms with Crippen LogP contribution in [0.25, 0.3) is 0 Å². The van der Waals surface area contributed by atoms with Crippen molar-refractivity contribution in [1.82, 2.24) is 0 Å². The summed E-state index contributed by atoms with van der Waals surface area (Å²) >= 11 is 3.15. The molecule has 3 nitrogen and oxygen atoms in total. The van der Waals surface area contributed by atoms with Gasteiger partial charge in [0.05, 0.1) is 18.5 Å². The Balaban J connectivity index is 2.28. The van der Waals surface area contributed by atoms with Gasteiger partial charge in [-0.1, -0.05) is 22.9 Å². The van der Waals surface area contributed by atoms with Gasteiger partial charge in [-0.25, -0.2) is 0 Å². The summed E-state index contributed by atoms with van der Waals surface area (Å²) in [6, 6.07) is 5.31. The third-order valence-corrected chi connectivity index (χ3v) is 2.94. The monoisotopic (exact) mass is 284 g/mol. The van der Waals surface area contributed by atoms with Crippen molar-refractivity contribution < 1.29 is 14.3 Å². The van der Waals surface area contributed by atoms with Crippen molar-refractivity contribution in [2.45, 2.75) is 6.92 Å². The highest BCUT2D eigenvalue weighted by atomic mass is 79.9. The maximum Gasteiger partial charge on any atom is 0.173 e. The van der Waals surface area contributed by atoms with Crippen molar-refractivity contribution in [2.24, 2.45) is 5.92 Å². The Kier molecular flexibility index (Phi) is 3.49. The lowest BCUT2D eigenvalue weighted by Crippen LogP contribution is -2.12. The molecule has 1 aromatic carbocycles. The third kappa shape index (κ3) is 2.38. The Hall–Kier alpha value is -1.03. The predicted molar refractivity (Wildman–Crippen MR) is 64.7 cm³/mol. The number of rotatable bonds is 2. The highest BCUT2D eigenvalue weighted by Gasteiger charge is 2.16. The highest BCUT2D eigenvalue weighted by Crippen LogP contribution is 2.31. The number of ether oxygens (including phenoxy) is 2. The first-order chi connectivity index (χ1) is 7.70. The number of fused-ring (bicyclic) bond motifs is 1. The van der Waals surface area contributed by atoms with Gasteiger partial charge in [0.15, 0.2) is 17.3 Å². The minimum Gasteiger partial charge on any atom is -0.489 e. The third-order valence-electron chi connectivity index (χ3n) is 2.43. The molecular formula is C12H13BrO3. The zero-order valence-corrected chi connectivity index (χ0v) is 10.6. The minimum atomic E-state index is 0.0451. The van der Waals surface area contributed by atoms with Crippen molar-refractivity contribution in [2.75, 3.05) is 18.5 Å². The standard InChI is InChI=1S/C12H13BrO3/c1-8-6-15-11-3-2-9(10(14)5-13)4-12(11)16-7-8/h2-4,8H,5-7H2,1H3. The molecule has 1 atom stereocenters. The maximum atomic E-state index is 11.5. The Morgan fingerprint density at radius 3 is 2.75 bits per heavy atom. The van der Waals surface area contributed by atoms with Crippen LogP contribution in [-0.4, -0.2) is 24.3 Å². The van der Waals surface area contributed by atoms with Crippen molar-refractivity contribution in [1.29, 1.82) is 0 Å². The number of benzene rings is 1. The van der Waals surface area contributed by atoms with Gasteiger partial charge in [-0.05, 0) is 18.2 Å². The lowest BCUT2D eigenvalue weighted by molar-refractivity contribution is 0.102. The molecule has 86 valence electrons. The summed E-state index contributed by atoms with van der Waals surface area (Å²) in [5.74, 6) is 1.79. The first-order valence-corrected chi connectivity index (χ1v) is 6.31. The number of carbonyl (C=O) groups is 1. The topological polar surface area (TPSA) is 35.5 Å². The van der Waals surface area contributed by atoms with Crippen LogP contribution in [0.15, 0.2) is 18.2 Å². The molecular weight excluding hydrogens is 272 g/mol. The molecule has 1 aliphatic heterocycles. The van der Waals surface area contributed by atoms with E-state index in [4.69, 9.17) is 9.47 Å². The van der Waals surface area contributed by atoms with E-state index in [-0.39, 0.29) is 5.78 Å². The minimum absolute atomic E-state index is 0.0451. The second-order valence-corrected chi connectivity index (χ2v) is 4.51. The van der Waals surface area contributed by atoms with Gasteiger partial charge in [-0.15, -0.1) is 0 Å². The number of carbonyl (C=O) groups excluding carboxylic acids is 1. The fraction of sp³-hybridized carbons (Fsp3) is 0.417. The second-order valence-electron chi connectivity index (χ2n) is 3.95. The summed E-state index contributed by atoms with van der Waals surface area (Å²) < 4.78 is 11.2. The molecule has 0 amide bonds. The van der Waals surface area contributed by atoms with Crippen molar-refractivity contribution >= 4 is 21.7 Å². The number of Topliss-reactive ketones (excluding diaryl/α,β-unsaturated/α-hetero) is 1. The van der Waals surface area contributed by atoms with Crippen molar-refractivity contribution in [3.8, 4) is 11.5 Å². The zero-order valence-electron chi connectivity index (χ0n) is 9.03. The summed E-state index contributed by atoms with van der Waals surface area (Å²) in [6.07, 6.45) is 0. The van der Waals surface area contributed by atoms with Crippen LogP contribution < -0.4 is 9.47 Å². The van der Waals surface area contributed by atoms with Crippen LogP contribution in [-0.2, 0) is 0 Å². The van der Waals surface area contributed by atoms with Gasteiger partial charge < -0.3 is 9.47 Å². The van der Waals surface area contributed by atoms with E-state index < -0.39 is 0 Å². The molecule has 0 N–H and O–H groups in total. The fourth-order valence-corrected chi connectivity index (χ4v) is 1.83. The number of alkyl halides is 1. The van der Waals surface area contributed by atoms with Gasteiger partial charge in [-0.2, -0.15) is 0 Å². The van der Waals surface area contributed by atoms with Gasteiger partial charge in [-0.3, -0.25) is 4.79 Å². The summed E-state index contributed by atoms with van der Waals surface area (Å²) in [7, 11) is 0. The average molecular weight is 285 g/mol. The smallest absolute Gasteiger partial charge is 0.173 e. The van der Waals surface area contributed by atoms with Crippen LogP contribution in [0.3, 0.4) is 0 Å². The molecule has 1 aliphatic rings. The Labute approximate surface area is 103 Å². The second kappa shape index (κ2) is 4.87. The largest absolute Gasteiger partial charge is 0.489 e. The van der Waals surface area contributed by atoms with E-state index in [1.54, 1.807) is 18.2 Å². The first-order valence-electron chi connectivity index (χ1n) is 5.19. The average Bonchev–Trinajstić information content (AvgIpc) is 2.50. The summed E-state index contributed by atoms with van der Waals surface area (Å²) in [6.45, 7) is 3.34. The molecule has 0 aliphatic carbocycles.